The van der Waals surface area contributed by atoms with Crippen LogP contribution in [0.15, 0.2) is 72.9 Å². The molecule has 0 rings (SSSR count). The van der Waals surface area contributed by atoms with Gasteiger partial charge in [-0.05, 0) is 83.5 Å². The number of nitrogens with one attached hydrogen (secondary N) is 1. The maximum absolute atomic E-state index is 12.1. The van der Waals surface area contributed by atoms with Gasteiger partial charge in [0.15, 0.2) is 0 Å². The third-order valence-electron chi connectivity index (χ3n) is 8.12. The van der Waals surface area contributed by atoms with Gasteiger partial charge in [0.25, 0.3) is 0 Å². The van der Waals surface area contributed by atoms with Crippen LogP contribution in [-0.4, -0.2) is 54.3 Å². The van der Waals surface area contributed by atoms with Crippen molar-refractivity contribution in [2.24, 2.45) is 0 Å². The maximum Gasteiger partial charge on any atom is 0.472 e. The second-order valence-corrected chi connectivity index (χ2v) is 14.7. The highest BCUT2D eigenvalue weighted by Gasteiger charge is 2.23. The summed E-state index contributed by atoms with van der Waals surface area (Å²) in [5.74, 6) is -0.566. The molecule has 2 unspecified atom stereocenters. The Balaban J connectivity index is 3.68. The van der Waals surface area contributed by atoms with E-state index >= 15 is 0 Å². The largest absolute Gasteiger partial charge is 0.472 e. The highest BCUT2D eigenvalue weighted by Crippen LogP contribution is 2.42. The van der Waals surface area contributed by atoms with E-state index in [1.165, 1.54) is 38.5 Å². The van der Waals surface area contributed by atoms with E-state index in [1.807, 2.05) is 0 Å². The minimum atomic E-state index is -4.43. The Bertz CT molecular complexity index is 1100. The first-order valence-corrected chi connectivity index (χ1v) is 21.9. The second-order valence-electron chi connectivity index (χ2n) is 13.2. The topological polar surface area (TPSA) is 131 Å². The summed E-state index contributed by atoms with van der Waals surface area (Å²) in [5.41, 5.74) is 0. The van der Waals surface area contributed by atoms with Gasteiger partial charge in [-0.2, -0.15) is 0 Å². The number of aliphatic hydroxyl groups excluding tert-OH is 1. The molecular weight excluding hydrogens is 689 g/mol. The molecule has 0 heterocycles. The molecule has 0 radical (unpaired) electrons. The fourth-order valence-electron chi connectivity index (χ4n) is 5.05. The molecular formula is C43H74NO8P. The van der Waals surface area contributed by atoms with E-state index in [2.05, 4.69) is 92.1 Å². The predicted octanol–water partition coefficient (Wildman–Crippen LogP) is 11.1. The summed E-state index contributed by atoms with van der Waals surface area (Å²) in [5, 5.41) is 12.7. The van der Waals surface area contributed by atoms with Gasteiger partial charge in [-0.25, -0.2) is 4.57 Å². The van der Waals surface area contributed by atoms with Crippen LogP contribution in [0.3, 0.4) is 0 Å². The predicted molar refractivity (Wildman–Crippen MR) is 219 cm³/mol. The standard InChI is InChI=1S/C43H74NO8P/c1-3-5-7-9-11-13-15-17-18-19-20-21-22-24-26-28-30-32-34-36-43(47)50-39-41(45)40-52-53(48,49)51-38-37-44-42(46)35-33-31-29-27-25-23-16-14-12-10-8-6-4-2/h6,8,11-14,17-18,20-21,23,25,41,45H,3-5,7,9-10,15-16,19,22,24,26-40H2,1-2H3,(H,44,46)(H,48,49)/b8-6-,13-11-,14-12-,18-17-,21-20-,25-23-. The van der Waals surface area contributed by atoms with E-state index in [9.17, 15) is 24.2 Å². The molecule has 304 valence electrons. The van der Waals surface area contributed by atoms with E-state index in [0.717, 1.165) is 89.9 Å². The molecule has 0 bridgehead atoms. The monoisotopic (exact) mass is 764 g/mol. The van der Waals surface area contributed by atoms with Crippen LogP contribution in [0.5, 0.6) is 0 Å². The Kier molecular flexibility index (Phi) is 37.3. The summed E-state index contributed by atoms with van der Waals surface area (Å²) < 4.78 is 26.8. The van der Waals surface area contributed by atoms with E-state index in [0.29, 0.717) is 6.42 Å². The number of ether oxygens (including phenoxy) is 1. The molecule has 0 saturated carbocycles. The summed E-state index contributed by atoms with van der Waals surface area (Å²) in [6, 6.07) is 0. The van der Waals surface area contributed by atoms with Crippen LogP contribution in [0.4, 0.5) is 0 Å². The molecule has 1 amide bonds. The summed E-state index contributed by atoms with van der Waals surface area (Å²) in [6.45, 7) is 3.33. The Labute approximate surface area is 322 Å². The van der Waals surface area contributed by atoms with Crippen molar-refractivity contribution in [3.8, 4) is 0 Å². The first-order chi connectivity index (χ1) is 25.8. The molecule has 9 nitrogen and oxygen atoms in total. The van der Waals surface area contributed by atoms with Crippen LogP contribution in [-0.2, 0) is 27.9 Å². The lowest BCUT2D eigenvalue weighted by Crippen LogP contribution is -2.27. The number of amides is 1. The van der Waals surface area contributed by atoms with Gasteiger partial charge >= 0.3 is 13.8 Å². The zero-order chi connectivity index (χ0) is 38.9. The second kappa shape index (κ2) is 39.2. The van der Waals surface area contributed by atoms with Crippen molar-refractivity contribution in [2.75, 3.05) is 26.4 Å². The molecule has 10 heteroatoms. The summed E-state index contributed by atoms with van der Waals surface area (Å²) in [4.78, 5) is 33.8. The molecule has 0 aromatic heterocycles. The average Bonchev–Trinajstić information content (AvgIpc) is 3.14. The Morgan fingerprint density at radius 3 is 1.64 bits per heavy atom. The zero-order valence-corrected chi connectivity index (χ0v) is 34.1. The van der Waals surface area contributed by atoms with E-state index in [1.54, 1.807) is 0 Å². The molecule has 3 N–H and O–H groups in total. The molecule has 0 spiro atoms. The van der Waals surface area contributed by atoms with E-state index < -0.39 is 26.5 Å². The number of allylic oxidation sites excluding steroid dienone is 12. The first-order valence-electron chi connectivity index (χ1n) is 20.4. The fourth-order valence-corrected chi connectivity index (χ4v) is 5.80. The lowest BCUT2D eigenvalue weighted by molar-refractivity contribution is -0.147. The number of unbranched alkanes of at least 4 members (excludes halogenated alkanes) is 12. The summed E-state index contributed by atoms with van der Waals surface area (Å²) in [6.07, 6.45) is 46.9. The van der Waals surface area contributed by atoms with Gasteiger partial charge in [0, 0.05) is 19.4 Å². The van der Waals surface area contributed by atoms with Crippen molar-refractivity contribution < 1.29 is 37.9 Å². The molecule has 0 aliphatic heterocycles. The molecule has 0 saturated heterocycles. The molecule has 0 aliphatic rings. The summed E-state index contributed by atoms with van der Waals surface area (Å²) in [7, 11) is -4.43. The Morgan fingerprint density at radius 1 is 0.604 bits per heavy atom. The number of hydrogen-bond donors (Lipinski definition) is 3. The van der Waals surface area contributed by atoms with Crippen molar-refractivity contribution in [1.29, 1.82) is 0 Å². The van der Waals surface area contributed by atoms with Gasteiger partial charge in [0.2, 0.25) is 5.91 Å². The first kappa shape index (κ1) is 50.5. The van der Waals surface area contributed by atoms with Gasteiger partial charge < -0.3 is 20.1 Å². The highest BCUT2D eigenvalue weighted by molar-refractivity contribution is 7.47. The number of phosphoric ester groups is 1. The molecule has 2 atom stereocenters. The lowest BCUT2D eigenvalue weighted by Gasteiger charge is -2.15. The maximum atomic E-state index is 12.1. The number of hydrogen-bond acceptors (Lipinski definition) is 7. The van der Waals surface area contributed by atoms with Gasteiger partial charge in [0.1, 0.15) is 12.7 Å². The Morgan fingerprint density at radius 2 is 1.08 bits per heavy atom. The average molecular weight is 764 g/mol. The van der Waals surface area contributed by atoms with Crippen LogP contribution < -0.4 is 5.32 Å². The number of phosphoric acid groups is 1. The molecule has 0 fully saturated rings. The smallest absolute Gasteiger partial charge is 0.463 e. The zero-order valence-electron chi connectivity index (χ0n) is 33.2. The lowest BCUT2D eigenvalue weighted by atomic mass is 10.1. The Hall–Kier alpha value is -2.55. The quantitative estimate of drug-likeness (QED) is 0.0247. The SMILES string of the molecule is CC/C=C\C/C=C\C/C=C\CCCCCC(=O)NCCOP(=O)(O)OCC(O)COC(=O)CCCCCCCC/C=C\C/C=C\C/C=C\CCCCC. The van der Waals surface area contributed by atoms with Crippen LogP contribution in [0.25, 0.3) is 0 Å². The minimum absolute atomic E-state index is 0.0602. The molecule has 0 aliphatic carbocycles. The van der Waals surface area contributed by atoms with Crippen molar-refractivity contribution in [3.05, 3.63) is 72.9 Å². The van der Waals surface area contributed by atoms with Crippen LogP contribution in [0.1, 0.15) is 155 Å². The number of esters is 1. The number of carbonyl (C=O) groups is 2. The summed E-state index contributed by atoms with van der Waals surface area (Å²) >= 11 is 0. The van der Waals surface area contributed by atoms with Crippen LogP contribution in [0, 0.1) is 0 Å². The van der Waals surface area contributed by atoms with E-state index in [-0.39, 0.29) is 32.1 Å². The number of aliphatic hydroxyl groups is 1. The third kappa shape index (κ3) is 40.5. The molecule has 53 heavy (non-hydrogen) atoms. The van der Waals surface area contributed by atoms with Crippen LogP contribution in [0.2, 0.25) is 0 Å². The highest BCUT2D eigenvalue weighted by atomic mass is 31.2. The van der Waals surface area contributed by atoms with Gasteiger partial charge in [-0.1, -0.05) is 132 Å². The van der Waals surface area contributed by atoms with Crippen LogP contribution >= 0.6 is 7.82 Å². The van der Waals surface area contributed by atoms with Crippen molar-refractivity contribution in [3.63, 3.8) is 0 Å². The third-order valence-corrected chi connectivity index (χ3v) is 9.10. The van der Waals surface area contributed by atoms with E-state index in [4.69, 9.17) is 13.8 Å². The molecule has 0 aromatic rings. The van der Waals surface area contributed by atoms with Crippen molar-refractivity contribution >= 4 is 19.7 Å². The van der Waals surface area contributed by atoms with Gasteiger partial charge in [-0.15, -0.1) is 0 Å². The minimum Gasteiger partial charge on any atom is -0.463 e. The van der Waals surface area contributed by atoms with Crippen molar-refractivity contribution in [1.82, 2.24) is 5.32 Å². The molecule has 0 aromatic carbocycles. The number of carbonyl (C=O) groups excluding carboxylic acids is 2. The normalized spacial score (nSPS) is 14.1. The van der Waals surface area contributed by atoms with Gasteiger partial charge in [0.05, 0.1) is 13.2 Å². The fraction of sp³-hybridized carbons (Fsp3) is 0.674. The van der Waals surface area contributed by atoms with Gasteiger partial charge in [-0.3, -0.25) is 18.6 Å². The number of rotatable bonds is 37. The van der Waals surface area contributed by atoms with Crippen molar-refractivity contribution in [2.45, 2.75) is 161 Å².